The molecule has 9 nitrogen and oxygen atoms in total. The minimum Gasteiger partial charge on any atom is -0.355 e. The molecule has 0 radical (unpaired) electrons. The van der Waals surface area contributed by atoms with Crippen LogP contribution in [0.15, 0.2) is 91.1 Å². The van der Waals surface area contributed by atoms with E-state index < -0.39 is 27.3 Å². The van der Waals surface area contributed by atoms with Crippen LogP contribution in [0.5, 0.6) is 0 Å². The highest BCUT2D eigenvalue weighted by molar-refractivity contribution is 7.92. The first kappa shape index (κ1) is 32.4. The Labute approximate surface area is 268 Å². The van der Waals surface area contributed by atoms with E-state index >= 15 is 0 Å². The lowest BCUT2D eigenvalue weighted by Crippen LogP contribution is -2.40. The average molecular weight is 642 g/mol. The van der Waals surface area contributed by atoms with E-state index in [1.807, 2.05) is 51.1 Å². The SMILES string of the molecule is CCCN(c1cn2nc(-c3ccc(F)cc3)c(C(=O)NC)c2cc1-c1cccc(C(=O)NC(C)(C)c2ccccc2)c1)S(C)(=O)=O. The van der Waals surface area contributed by atoms with Crippen LogP contribution in [0.4, 0.5) is 10.1 Å². The van der Waals surface area contributed by atoms with E-state index in [2.05, 4.69) is 15.7 Å². The molecule has 0 saturated carbocycles. The Kier molecular flexibility index (Phi) is 8.98. The number of benzene rings is 3. The lowest BCUT2D eigenvalue weighted by Gasteiger charge is -2.27. The average Bonchev–Trinajstić information content (AvgIpc) is 3.41. The maximum Gasteiger partial charge on any atom is 0.255 e. The van der Waals surface area contributed by atoms with Crippen LogP contribution in [0, 0.1) is 5.82 Å². The lowest BCUT2D eigenvalue weighted by molar-refractivity contribution is 0.0910. The van der Waals surface area contributed by atoms with Gasteiger partial charge in [-0.2, -0.15) is 5.10 Å². The lowest BCUT2D eigenvalue weighted by atomic mass is 9.93. The molecule has 5 aromatic rings. The summed E-state index contributed by atoms with van der Waals surface area (Å²) >= 11 is 0. The van der Waals surface area contributed by atoms with Crippen molar-refractivity contribution < 1.29 is 22.4 Å². The van der Waals surface area contributed by atoms with Gasteiger partial charge in [0.05, 0.1) is 34.8 Å². The highest BCUT2D eigenvalue weighted by Gasteiger charge is 2.27. The fraction of sp³-hybridized carbons (Fsp3) is 0.229. The molecule has 0 bridgehead atoms. The predicted octanol–water partition coefficient (Wildman–Crippen LogP) is 6.01. The summed E-state index contributed by atoms with van der Waals surface area (Å²) in [5, 5.41) is 10.4. The van der Waals surface area contributed by atoms with Gasteiger partial charge in [0.1, 0.15) is 11.5 Å². The van der Waals surface area contributed by atoms with Crippen molar-refractivity contribution in [2.24, 2.45) is 0 Å². The Hall–Kier alpha value is -5.03. The van der Waals surface area contributed by atoms with Gasteiger partial charge in [-0.05, 0) is 73.9 Å². The van der Waals surface area contributed by atoms with Gasteiger partial charge in [0.2, 0.25) is 10.0 Å². The highest BCUT2D eigenvalue weighted by atomic mass is 32.2. The Morgan fingerprint density at radius 3 is 2.26 bits per heavy atom. The number of nitrogens with one attached hydrogen (secondary N) is 2. The molecule has 0 aliphatic rings. The number of aromatic nitrogens is 2. The highest BCUT2D eigenvalue weighted by Crippen LogP contribution is 2.37. The van der Waals surface area contributed by atoms with Gasteiger partial charge in [0.25, 0.3) is 11.8 Å². The number of sulfonamides is 1. The second-order valence-corrected chi connectivity index (χ2v) is 13.5. The molecule has 0 aliphatic carbocycles. The van der Waals surface area contributed by atoms with Crippen LogP contribution in [0.25, 0.3) is 27.9 Å². The van der Waals surface area contributed by atoms with Crippen molar-refractivity contribution in [2.45, 2.75) is 32.7 Å². The second-order valence-electron chi connectivity index (χ2n) is 11.6. The summed E-state index contributed by atoms with van der Waals surface area (Å²) in [5.74, 6) is -1.16. The Morgan fingerprint density at radius 1 is 0.935 bits per heavy atom. The molecule has 0 aliphatic heterocycles. The number of hydrogen-bond donors (Lipinski definition) is 2. The molecule has 2 N–H and O–H groups in total. The van der Waals surface area contributed by atoms with Gasteiger partial charge < -0.3 is 10.6 Å². The van der Waals surface area contributed by atoms with E-state index in [0.717, 1.165) is 11.8 Å². The fourth-order valence-electron chi connectivity index (χ4n) is 5.45. The van der Waals surface area contributed by atoms with Gasteiger partial charge in [-0.25, -0.2) is 17.3 Å². The monoisotopic (exact) mass is 641 g/mol. The summed E-state index contributed by atoms with van der Waals surface area (Å²) < 4.78 is 42.8. The molecule has 2 amide bonds. The molecule has 2 aromatic heterocycles. The number of nitrogens with zero attached hydrogens (tertiary/aromatic N) is 3. The van der Waals surface area contributed by atoms with Crippen molar-refractivity contribution >= 4 is 33.0 Å². The zero-order valence-electron chi connectivity index (χ0n) is 26.3. The number of carbonyl (C=O) groups excluding carboxylic acids is 2. The summed E-state index contributed by atoms with van der Waals surface area (Å²) in [4.78, 5) is 26.8. The summed E-state index contributed by atoms with van der Waals surface area (Å²) in [7, 11) is -2.25. The quantitative estimate of drug-likeness (QED) is 0.194. The molecule has 0 saturated heterocycles. The molecular formula is C35H36FN5O4S. The fourth-order valence-corrected chi connectivity index (χ4v) is 6.46. The number of anilines is 1. The van der Waals surface area contributed by atoms with Gasteiger partial charge in [0.15, 0.2) is 0 Å². The zero-order chi connectivity index (χ0) is 33.2. The Balaban J connectivity index is 1.71. The molecule has 0 atom stereocenters. The van der Waals surface area contributed by atoms with Crippen molar-refractivity contribution in [3.63, 3.8) is 0 Å². The number of pyridine rings is 1. The van der Waals surface area contributed by atoms with E-state index in [4.69, 9.17) is 0 Å². The topological polar surface area (TPSA) is 113 Å². The maximum absolute atomic E-state index is 13.8. The van der Waals surface area contributed by atoms with Crippen molar-refractivity contribution in [1.82, 2.24) is 20.2 Å². The molecular weight excluding hydrogens is 605 g/mol. The molecule has 0 unspecified atom stereocenters. The van der Waals surface area contributed by atoms with Crippen LogP contribution >= 0.6 is 0 Å². The number of fused-ring (bicyclic) bond motifs is 1. The van der Waals surface area contributed by atoms with Gasteiger partial charge in [-0.15, -0.1) is 0 Å². The van der Waals surface area contributed by atoms with E-state index in [-0.39, 0.29) is 18.0 Å². The van der Waals surface area contributed by atoms with Crippen molar-refractivity contribution in [3.8, 4) is 22.4 Å². The molecule has 2 heterocycles. The molecule has 0 fully saturated rings. The standard InChI is InChI=1S/C35H36FN5O4S/c1-6-19-41(46(5,44)45)30-22-40-29(31(34(43)37-4)32(39-40)23-15-17-27(36)18-16-23)21-28(30)24-11-10-12-25(20-24)33(42)38-35(2,3)26-13-8-7-9-14-26/h7-18,20-22H,6,19H2,1-5H3,(H,37,43)(H,38,42). The third-order valence-electron chi connectivity index (χ3n) is 7.77. The molecule has 46 heavy (non-hydrogen) atoms. The Bertz CT molecular complexity index is 2020. The molecule has 5 rings (SSSR count). The minimum absolute atomic E-state index is 0.192. The van der Waals surface area contributed by atoms with Crippen molar-refractivity contribution in [3.05, 3.63) is 114 Å². The third kappa shape index (κ3) is 6.50. The van der Waals surface area contributed by atoms with Crippen LogP contribution in [0.3, 0.4) is 0 Å². The zero-order valence-corrected chi connectivity index (χ0v) is 27.2. The van der Waals surface area contributed by atoms with Crippen LogP contribution in [-0.2, 0) is 15.6 Å². The number of rotatable bonds is 10. The van der Waals surface area contributed by atoms with E-state index in [1.54, 1.807) is 36.5 Å². The summed E-state index contributed by atoms with van der Waals surface area (Å²) in [5.41, 5.74) is 3.50. The van der Waals surface area contributed by atoms with Crippen LogP contribution in [0.1, 0.15) is 53.5 Å². The van der Waals surface area contributed by atoms with Crippen molar-refractivity contribution in [2.75, 3.05) is 24.2 Å². The van der Waals surface area contributed by atoms with E-state index in [9.17, 15) is 22.4 Å². The first-order chi connectivity index (χ1) is 21.8. The Morgan fingerprint density at radius 2 is 1.63 bits per heavy atom. The molecule has 238 valence electrons. The number of amides is 2. The summed E-state index contributed by atoms with van der Waals surface area (Å²) in [6, 6.07) is 23.9. The number of carbonyl (C=O) groups is 2. The number of halogens is 1. The van der Waals surface area contributed by atoms with Gasteiger partial charge in [-0.3, -0.25) is 13.9 Å². The first-order valence-electron chi connectivity index (χ1n) is 14.8. The van der Waals surface area contributed by atoms with E-state index in [0.29, 0.717) is 45.6 Å². The van der Waals surface area contributed by atoms with Crippen LogP contribution < -0.4 is 14.9 Å². The second kappa shape index (κ2) is 12.8. The summed E-state index contributed by atoms with van der Waals surface area (Å²) in [6.07, 6.45) is 3.24. The van der Waals surface area contributed by atoms with Gasteiger partial charge in [-0.1, -0.05) is 49.4 Å². The smallest absolute Gasteiger partial charge is 0.255 e. The van der Waals surface area contributed by atoms with E-state index in [1.165, 1.54) is 40.1 Å². The normalized spacial score (nSPS) is 11.8. The number of hydrogen-bond acceptors (Lipinski definition) is 5. The third-order valence-corrected chi connectivity index (χ3v) is 8.95. The predicted molar refractivity (Wildman–Crippen MR) is 179 cm³/mol. The van der Waals surface area contributed by atoms with Crippen LogP contribution in [0.2, 0.25) is 0 Å². The first-order valence-corrected chi connectivity index (χ1v) is 16.7. The maximum atomic E-state index is 13.8. The van der Waals surface area contributed by atoms with Crippen LogP contribution in [-0.4, -0.2) is 49.7 Å². The minimum atomic E-state index is -3.75. The summed E-state index contributed by atoms with van der Waals surface area (Å²) in [6.45, 7) is 5.91. The van der Waals surface area contributed by atoms with Crippen molar-refractivity contribution in [1.29, 1.82) is 0 Å². The largest absolute Gasteiger partial charge is 0.355 e. The molecule has 11 heteroatoms. The van der Waals surface area contributed by atoms with Gasteiger partial charge >= 0.3 is 0 Å². The van der Waals surface area contributed by atoms with Gasteiger partial charge in [0, 0.05) is 30.3 Å². The molecule has 3 aromatic carbocycles. The molecule has 0 spiro atoms.